The van der Waals surface area contributed by atoms with Crippen LogP contribution in [0.1, 0.15) is 25.3 Å². The van der Waals surface area contributed by atoms with Crippen LogP contribution in [0.4, 0.5) is 0 Å². The first kappa shape index (κ1) is 22.3. The summed E-state index contributed by atoms with van der Waals surface area (Å²) >= 11 is 0. The third-order valence-corrected chi connectivity index (χ3v) is 9.00. The highest BCUT2D eigenvalue weighted by atomic mass is 32.2. The van der Waals surface area contributed by atoms with Gasteiger partial charge in [-0.25, -0.2) is 0 Å². The zero-order valence-corrected chi connectivity index (χ0v) is 18.7. The number of benzene rings is 2. The average Bonchev–Trinajstić information content (AvgIpc) is 2.67. The van der Waals surface area contributed by atoms with E-state index < -0.39 is 24.3 Å². The van der Waals surface area contributed by atoms with Crippen LogP contribution in [0.3, 0.4) is 0 Å². The van der Waals surface area contributed by atoms with Crippen LogP contribution < -0.4 is 5.19 Å². The maximum Gasteiger partial charge on any atom is 0.297 e. The summed E-state index contributed by atoms with van der Waals surface area (Å²) in [5, 5.41) is 1.22. The molecule has 0 bridgehead atoms. The van der Waals surface area contributed by atoms with Crippen molar-refractivity contribution in [3.05, 3.63) is 71.4 Å². The van der Waals surface area contributed by atoms with Crippen LogP contribution in [0.2, 0.25) is 13.1 Å². The molecule has 0 aliphatic rings. The highest BCUT2D eigenvalue weighted by Gasteiger charge is 2.25. The first-order valence-electron chi connectivity index (χ1n) is 9.40. The zero-order chi connectivity index (χ0) is 20.8. The van der Waals surface area contributed by atoms with Gasteiger partial charge in [0.15, 0.2) is 0 Å². The molecule has 0 aliphatic carbocycles. The fourth-order valence-electron chi connectivity index (χ4n) is 3.00. The van der Waals surface area contributed by atoms with Crippen LogP contribution in [0.25, 0.3) is 0 Å². The summed E-state index contributed by atoms with van der Waals surface area (Å²) in [5.41, 5.74) is 3.59. The molecule has 1 unspecified atom stereocenters. The van der Waals surface area contributed by atoms with E-state index in [9.17, 15) is 13.2 Å². The van der Waals surface area contributed by atoms with Crippen molar-refractivity contribution in [1.29, 1.82) is 0 Å². The number of hydrogen-bond acceptors (Lipinski definition) is 4. The number of carbonyl (C=O) groups excluding carboxylic acids is 1. The van der Waals surface area contributed by atoms with E-state index in [-0.39, 0.29) is 11.3 Å². The summed E-state index contributed by atoms with van der Waals surface area (Å²) in [6.45, 7) is 8.08. The first-order chi connectivity index (χ1) is 13.2. The zero-order valence-electron chi connectivity index (χ0n) is 16.9. The quantitative estimate of drug-likeness (QED) is 0.267. The second-order valence-electron chi connectivity index (χ2n) is 7.52. The average molecular weight is 417 g/mol. The molecule has 0 saturated heterocycles. The van der Waals surface area contributed by atoms with E-state index in [4.69, 9.17) is 4.18 Å². The Balaban J connectivity index is 2.19. The Hall–Kier alpha value is -2.02. The lowest BCUT2D eigenvalue weighted by atomic mass is 10.1. The number of hydrogen-bond donors (Lipinski definition) is 0. The van der Waals surface area contributed by atoms with Gasteiger partial charge in [0, 0.05) is 6.42 Å². The molecule has 150 valence electrons. The molecule has 0 amide bonds. The second kappa shape index (κ2) is 9.45. The fraction of sp³-hybridized carbons (Fsp3) is 0.318. The van der Waals surface area contributed by atoms with Gasteiger partial charge in [-0.15, -0.1) is 0 Å². The van der Waals surface area contributed by atoms with Gasteiger partial charge >= 0.3 is 0 Å². The van der Waals surface area contributed by atoms with Crippen molar-refractivity contribution in [3.8, 4) is 0 Å². The molecule has 0 aromatic heterocycles. The molecule has 0 heterocycles. The molecule has 0 fully saturated rings. The lowest BCUT2D eigenvalue weighted by molar-refractivity contribution is -0.105. The topological polar surface area (TPSA) is 60.4 Å². The highest BCUT2D eigenvalue weighted by Crippen LogP contribution is 2.21. The van der Waals surface area contributed by atoms with Crippen molar-refractivity contribution in [3.63, 3.8) is 0 Å². The second-order valence-corrected chi connectivity index (χ2v) is 13.4. The smallest absolute Gasteiger partial charge is 0.297 e. The SMILES string of the molecule is CCC(C/C(C=O)=C\[Si](C)(C)c1ccccc1)OS(=O)(=O)c1ccc(C)cc1. The first-order valence-corrected chi connectivity index (χ1v) is 13.9. The van der Waals surface area contributed by atoms with E-state index in [0.29, 0.717) is 12.0 Å². The maximum atomic E-state index is 12.6. The minimum Gasteiger partial charge on any atom is -0.298 e. The minimum absolute atomic E-state index is 0.132. The molecule has 6 heteroatoms. The molecule has 0 aliphatic heterocycles. The largest absolute Gasteiger partial charge is 0.298 e. The van der Waals surface area contributed by atoms with Crippen molar-refractivity contribution in [2.75, 3.05) is 0 Å². The molecule has 0 N–H and O–H groups in total. The molecular formula is C22H28O4SSi. The molecular weight excluding hydrogens is 388 g/mol. The van der Waals surface area contributed by atoms with Crippen LogP contribution in [-0.2, 0) is 19.1 Å². The van der Waals surface area contributed by atoms with Gasteiger partial charge in [-0.05, 0) is 31.1 Å². The number of carbonyl (C=O) groups is 1. The summed E-state index contributed by atoms with van der Waals surface area (Å²) < 4.78 is 30.6. The Morgan fingerprint density at radius 3 is 2.21 bits per heavy atom. The summed E-state index contributed by atoms with van der Waals surface area (Å²) in [7, 11) is -5.84. The standard InChI is InChI=1S/C22H28O4SSi/c1-5-20(26-27(24,25)21-13-11-18(2)12-14-21)15-19(16-23)17-28(3,4)22-9-7-6-8-10-22/h6-14,16-17,20H,5,15H2,1-4H3/b19-17+. The highest BCUT2D eigenvalue weighted by molar-refractivity contribution is 7.86. The predicted octanol–water partition coefficient (Wildman–Crippen LogP) is 4.15. The van der Waals surface area contributed by atoms with Crippen molar-refractivity contribution in [2.45, 2.75) is 50.8 Å². The molecule has 4 nitrogen and oxygen atoms in total. The third kappa shape index (κ3) is 5.99. The number of aldehydes is 1. The van der Waals surface area contributed by atoms with Gasteiger partial charge in [0.1, 0.15) is 14.4 Å². The molecule has 2 aromatic rings. The molecule has 1 atom stereocenters. The Bertz CT molecular complexity index is 917. The van der Waals surface area contributed by atoms with Crippen LogP contribution in [0.5, 0.6) is 0 Å². The molecule has 0 saturated carbocycles. The van der Waals surface area contributed by atoms with E-state index in [2.05, 4.69) is 25.2 Å². The van der Waals surface area contributed by atoms with Crippen molar-refractivity contribution in [2.24, 2.45) is 0 Å². The van der Waals surface area contributed by atoms with Crippen molar-refractivity contribution in [1.82, 2.24) is 0 Å². The van der Waals surface area contributed by atoms with Crippen LogP contribution in [0, 0.1) is 6.92 Å². The van der Waals surface area contributed by atoms with Gasteiger partial charge in [-0.2, -0.15) is 8.42 Å². The normalized spacial score (nSPS) is 13.9. The van der Waals surface area contributed by atoms with Gasteiger partial charge in [-0.3, -0.25) is 8.98 Å². The lowest BCUT2D eigenvalue weighted by Crippen LogP contribution is -2.40. The van der Waals surface area contributed by atoms with Gasteiger partial charge < -0.3 is 0 Å². The Morgan fingerprint density at radius 1 is 1.07 bits per heavy atom. The van der Waals surface area contributed by atoms with Gasteiger partial charge in [0.25, 0.3) is 10.1 Å². The lowest BCUT2D eigenvalue weighted by Gasteiger charge is -2.21. The van der Waals surface area contributed by atoms with E-state index in [1.807, 2.05) is 37.7 Å². The van der Waals surface area contributed by atoms with Crippen LogP contribution in [-0.4, -0.2) is 28.9 Å². The Kier molecular flexibility index (Phi) is 7.52. The monoisotopic (exact) mass is 416 g/mol. The van der Waals surface area contributed by atoms with E-state index in [1.54, 1.807) is 24.3 Å². The number of rotatable bonds is 9. The minimum atomic E-state index is -3.87. The van der Waals surface area contributed by atoms with Gasteiger partial charge in [0.2, 0.25) is 0 Å². The molecule has 0 radical (unpaired) electrons. The van der Waals surface area contributed by atoms with Crippen LogP contribution >= 0.6 is 0 Å². The Labute approximate surface area is 169 Å². The fourth-order valence-corrected chi connectivity index (χ4v) is 6.48. The number of aryl methyl sites for hydroxylation is 1. The molecule has 0 spiro atoms. The third-order valence-electron chi connectivity index (χ3n) is 4.71. The van der Waals surface area contributed by atoms with Crippen LogP contribution in [0.15, 0.2) is 70.8 Å². The summed E-state index contributed by atoms with van der Waals surface area (Å²) in [5.74, 6) is 0. The van der Waals surface area contributed by atoms with Crippen molar-refractivity contribution < 1.29 is 17.4 Å². The van der Waals surface area contributed by atoms with Crippen molar-refractivity contribution >= 4 is 29.7 Å². The summed E-state index contributed by atoms with van der Waals surface area (Å²) in [4.78, 5) is 11.8. The predicted molar refractivity (Wildman–Crippen MR) is 116 cm³/mol. The Morgan fingerprint density at radius 2 is 1.68 bits per heavy atom. The maximum absolute atomic E-state index is 12.6. The van der Waals surface area contributed by atoms with Gasteiger partial charge in [-0.1, -0.05) is 78.9 Å². The molecule has 2 aromatic carbocycles. The van der Waals surface area contributed by atoms with Gasteiger partial charge in [0.05, 0.1) is 11.0 Å². The molecule has 2 rings (SSSR count). The van der Waals surface area contributed by atoms with E-state index in [1.165, 1.54) is 5.19 Å². The van der Waals surface area contributed by atoms with E-state index in [0.717, 1.165) is 11.8 Å². The molecule has 28 heavy (non-hydrogen) atoms. The van der Waals surface area contributed by atoms with E-state index >= 15 is 0 Å². The summed E-state index contributed by atoms with van der Waals surface area (Å²) in [6, 6.07) is 16.6. The summed E-state index contributed by atoms with van der Waals surface area (Å²) in [6.07, 6.45) is 1.00.